The van der Waals surface area contributed by atoms with Gasteiger partial charge in [-0.05, 0) is 12.1 Å². The van der Waals surface area contributed by atoms with Crippen LogP contribution in [0.3, 0.4) is 0 Å². The molecule has 3 heterocycles. The largest absolute Gasteiger partial charge is 0.392 e. The van der Waals surface area contributed by atoms with Gasteiger partial charge in [0.1, 0.15) is 22.9 Å². The highest BCUT2D eigenvalue weighted by atomic mass is 32.2. The summed E-state index contributed by atoms with van der Waals surface area (Å²) in [6.45, 7) is -0.232. The van der Waals surface area contributed by atoms with Gasteiger partial charge in [-0.25, -0.2) is 15.0 Å². The van der Waals surface area contributed by atoms with Gasteiger partial charge in [-0.2, -0.15) is 0 Å². The fraction of sp³-hybridized carbons (Fsp3) is 0.312. The lowest BCUT2D eigenvalue weighted by molar-refractivity contribution is -0.0636. The number of anilines is 1. The Balaban J connectivity index is 1.66. The second-order valence-corrected chi connectivity index (χ2v) is 7.27. The number of nitrogens with zero attached hydrogens (tertiary/aromatic N) is 4. The summed E-state index contributed by atoms with van der Waals surface area (Å²) in [7, 11) is 0. The number of benzene rings is 1. The third kappa shape index (κ3) is 2.85. The zero-order valence-corrected chi connectivity index (χ0v) is 14.0. The van der Waals surface area contributed by atoms with Crippen molar-refractivity contribution in [2.24, 2.45) is 0 Å². The van der Waals surface area contributed by atoms with E-state index in [1.165, 1.54) is 24.4 Å². The third-order valence-electron chi connectivity index (χ3n) is 4.13. The first-order valence-corrected chi connectivity index (χ1v) is 8.57. The average molecular weight is 359 g/mol. The Labute approximate surface area is 147 Å². The summed E-state index contributed by atoms with van der Waals surface area (Å²) in [5, 5.41) is 20.5. The van der Waals surface area contributed by atoms with Gasteiger partial charge < -0.3 is 20.7 Å². The minimum atomic E-state index is -0.944. The van der Waals surface area contributed by atoms with E-state index >= 15 is 0 Å². The molecular formula is C16H17N5O3S. The smallest absolute Gasteiger partial charge is 0.167 e. The summed E-state index contributed by atoms with van der Waals surface area (Å²) in [6.07, 6.45) is 1.59. The molecule has 0 spiro atoms. The first-order chi connectivity index (χ1) is 12.1. The number of rotatable bonds is 4. The highest BCUT2D eigenvalue weighted by Crippen LogP contribution is 2.47. The van der Waals surface area contributed by atoms with E-state index in [1.807, 2.05) is 30.3 Å². The maximum absolute atomic E-state index is 10.6. The summed E-state index contributed by atoms with van der Waals surface area (Å²) in [5.41, 5.74) is 6.75. The summed E-state index contributed by atoms with van der Waals surface area (Å²) >= 11 is 1.39. The van der Waals surface area contributed by atoms with Crippen LogP contribution in [0.5, 0.6) is 0 Å². The van der Waals surface area contributed by atoms with E-state index < -0.39 is 17.3 Å². The zero-order valence-electron chi connectivity index (χ0n) is 13.2. The van der Waals surface area contributed by atoms with Crippen LogP contribution in [0, 0.1) is 0 Å². The lowest BCUT2D eigenvalue weighted by atomic mass is 10.2. The van der Waals surface area contributed by atoms with E-state index in [0.717, 1.165) is 4.90 Å². The van der Waals surface area contributed by atoms with Crippen LogP contribution in [0.25, 0.3) is 11.2 Å². The molecule has 1 saturated heterocycles. The number of ether oxygens (including phenoxy) is 1. The molecule has 4 rings (SSSR count). The van der Waals surface area contributed by atoms with Crippen molar-refractivity contribution >= 4 is 28.7 Å². The van der Waals surface area contributed by atoms with Crippen LogP contribution >= 0.6 is 11.8 Å². The molecular weight excluding hydrogens is 342 g/mol. The van der Waals surface area contributed by atoms with Gasteiger partial charge in [0.2, 0.25) is 0 Å². The first-order valence-electron chi connectivity index (χ1n) is 7.76. The van der Waals surface area contributed by atoms with Gasteiger partial charge in [0.05, 0.1) is 12.9 Å². The fourth-order valence-electron chi connectivity index (χ4n) is 2.97. The molecule has 0 amide bonds. The predicted molar refractivity (Wildman–Crippen MR) is 92.6 cm³/mol. The van der Waals surface area contributed by atoms with Crippen molar-refractivity contribution in [1.29, 1.82) is 0 Å². The van der Waals surface area contributed by atoms with Crippen LogP contribution in [0.15, 0.2) is 47.9 Å². The van der Waals surface area contributed by atoms with E-state index in [0.29, 0.717) is 11.2 Å². The topological polar surface area (TPSA) is 119 Å². The van der Waals surface area contributed by atoms with E-state index in [2.05, 4.69) is 15.0 Å². The molecule has 1 fully saturated rings. The summed E-state index contributed by atoms with van der Waals surface area (Å²) in [6, 6.07) is 9.63. The molecule has 3 atom stereocenters. The monoisotopic (exact) mass is 359 g/mol. The number of hydrogen-bond donors (Lipinski definition) is 3. The molecule has 25 heavy (non-hydrogen) atoms. The molecule has 9 heteroatoms. The highest BCUT2D eigenvalue weighted by Gasteiger charge is 2.48. The summed E-state index contributed by atoms with van der Waals surface area (Å²) in [5.74, 6) is 0.267. The maximum Gasteiger partial charge on any atom is 0.167 e. The van der Waals surface area contributed by atoms with Gasteiger partial charge in [-0.1, -0.05) is 30.0 Å². The number of aliphatic hydroxyl groups excluding tert-OH is 2. The molecule has 4 N–H and O–H groups in total. The number of fused-ring (bicyclic) bond motifs is 1. The third-order valence-corrected chi connectivity index (χ3v) is 5.41. The van der Waals surface area contributed by atoms with Crippen LogP contribution in [0.2, 0.25) is 0 Å². The minimum absolute atomic E-state index is 0.232. The van der Waals surface area contributed by atoms with Crippen molar-refractivity contribution in [2.75, 3.05) is 12.3 Å². The highest BCUT2D eigenvalue weighted by molar-refractivity contribution is 8.00. The number of aromatic nitrogens is 4. The number of imidazole rings is 1. The van der Waals surface area contributed by atoms with Crippen LogP contribution < -0.4 is 5.73 Å². The number of nitrogens with two attached hydrogens (primary N) is 1. The molecule has 130 valence electrons. The van der Waals surface area contributed by atoms with Crippen molar-refractivity contribution in [3.05, 3.63) is 43.0 Å². The molecule has 0 bridgehead atoms. The molecule has 1 aliphatic heterocycles. The maximum atomic E-state index is 10.6. The SMILES string of the molecule is Nc1ncnc2c1ncn2[C@@H]1O[C@@](CO)(Sc2ccccc2)C[C@H]1O. The van der Waals surface area contributed by atoms with E-state index in [4.69, 9.17) is 10.5 Å². The Kier molecular flexibility index (Phi) is 4.08. The van der Waals surface area contributed by atoms with Crippen LogP contribution in [0.4, 0.5) is 5.82 Å². The quantitative estimate of drug-likeness (QED) is 0.635. The van der Waals surface area contributed by atoms with Crippen molar-refractivity contribution in [2.45, 2.75) is 28.6 Å². The summed E-state index contributed by atoms with van der Waals surface area (Å²) in [4.78, 5) is 12.3. The normalized spacial score (nSPS) is 26.3. The van der Waals surface area contributed by atoms with Crippen molar-refractivity contribution in [3.8, 4) is 0 Å². The Morgan fingerprint density at radius 3 is 2.84 bits per heavy atom. The molecule has 0 aliphatic carbocycles. The van der Waals surface area contributed by atoms with Crippen LogP contribution in [-0.2, 0) is 4.74 Å². The number of hydrogen-bond acceptors (Lipinski definition) is 8. The second kappa shape index (κ2) is 6.26. The van der Waals surface area contributed by atoms with Crippen LogP contribution in [0.1, 0.15) is 12.6 Å². The fourth-order valence-corrected chi connectivity index (χ4v) is 4.16. The molecule has 0 radical (unpaired) electrons. The van der Waals surface area contributed by atoms with Gasteiger partial charge in [0, 0.05) is 11.3 Å². The molecule has 2 aromatic heterocycles. The van der Waals surface area contributed by atoms with Crippen molar-refractivity contribution in [1.82, 2.24) is 19.5 Å². The Hall–Kier alpha value is -2.20. The van der Waals surface area contributed by atoms with Gasteiger partial charge in [0.15, 0.2) is 17.7 Å². The van der Waals surface area contributed by atoms with Crippen LogP contribution in [-0.4, -0.2) is 47.4 Å². The lowest BCUT2D eigenvalue weighted by Gasteiger charge is -2.26. The van der Waals surface area contributed by atoms with Crippen molar-refractivity contribution < 1.29 is 14.9 Å². The van der Waals surface area contributed by atoms with Gasteiger partial charge >= 0.3 is 0 Å². The summed E-state index contributed by atoms with van der Waals surface area (Å²) < 4.78 is 7.72. The first kappa shape index (κ1) is 16.3. The van der Waals surface area contributed by atoms with E-state index in [1.54, 1.807) is 4.57 Å². The predicted octanol–water partition coefficient (Wildman–Crippen LogP) is 1.17. The molecule has 0 saturated carbocycles. The lowest BCUT2D eigenvalue weighted by Crippen LogP contribution is -2.29. The van der Waals surface area contributed by atoms with E-state index in [9.17, 15) is 10.2 Å². The Morgan fingerprint density at radius 1 is 1.28 bits per heavy atom. The molecule has 1 aromatic carbocycles. The van der Waals surface area contributed by atoms with Gasteiger partial charge in [0.25, 0.3) is 0 Å². The number of thioether (sulfide) groups is 1. The molecule has 0 unspecified atom stereocenters. The van der Waals surface area contributed by atoms with Crippen molar-refractivity contribution in [3.63, 3.8) is 0 Å². The second-order valence-electron chi connectivity index (χ2n) is 5.85. The standard InChI is InChI=1S/C16H17N5O3S/c17-13-12-14(19-8-18-13)21(9-20-12)15-11(23)6-16(7-22,24-15)25-10-4-2-1-3-5-10/h1-5,8-9,11,15,22-23H,6-7H2,(H2,17,18,19)/t11-,15-,16-/m1/s1. The van der Waals surface area contributed by atoms with Gasteiger partial charge in [-0.15, -0.1) is 0 Å². The van der Waals surface area contributed by atoms with Gasteiger partial charge in [-0.3, -0.25) is 4.57 Å². The average Bonchev–Trinajstić information content (AvgIpc) is 3.18. The Morgan fingerprint density at radius 2 is 2.08 bits per heavy atom. The Bertz CT molecular complexity index is 890. The molecule has 8 nitrogen and oxygen atoms in total. The molecule has 3 aromatic rings. The molecule has 1 aliphatic rings. The minimum Gasteiger partial charge on any atom is -0.392 e. The number of nitrogen functional groups attached to an aromatic ring is 1. The zero-order chi connectivity index (χ0) is 17.4. The van der Waals surface area contributed by atoms with E-state index in [-0.39, 0.29) is 18.8 Å². The number of aliphatic hydroxyl groups is 2.